The first-order valence-electron chi connectivity index (χ1n) is 6.05. The minimum atomic E-state index is -0.529. The maximum Gasteiger partial charge on any atom is 0.272 e. The van der Waals surface area contributed by atoms with Gasteiger partial charge in [0.1, 0.15) is 17.4 Å². The zero-order valence-electron chi connectivity index (χ0n) is 10.4. The van der Waals surface area contributed by atoms with Crippen molar-refractivity contribution in [1.29, 1.82) is 5.26 Å². The highest BCUT2D eigenvalue weighted by Crippen LogP contribution is 2.14. The Bertz CT molecular complexity index is 886. The molecule has 0 radical (unpaired) electrons. The lowest BCUT2D eigenvalue weighted by molar-refractivity contribution is 0.622. The Morgan fingerprint density at radius 3 is 2.95 bits per heavy atom. The van der Waals surface area contributed by atoms with Crippen molar-refractivity contribution >= 4 is 5.52 Å². The van der Waals surface area contributed by atoms with E-state index in [1.165, 1.54) is 12.1 Å². The molecule has 5 heteroatoms. The van der Waals surface area contributed by atoms with Gasteiger partial charge in [0, 0.05) is 24.5 Å². The van der Waals surface area contributed by atoms with Crippen LogP contribution in [-0.2, 0) is 6.42 Å². The maximum atomic E-state index is 13.6. The molecule has 0 fully saturated rings. The molecule has 1 aromatic carbocycles. The number of nitrogens with zero attached hydrogens (tertiary/aromatic N) is 2. The molecule has 0 unspecified atom stereocenters. The van der Waals surface area contributed by atoms with Crippen LogP contribution in [0.15, 0.2) is 47.5 Å². The number of hydrogen-bond donors (Lipinski definition) is 1. The fourth-order valence-corrected chi connectivity index (χ4v) is 2.21. The summed E-state index contributed by atoms with van der Waals surface area (Å²) in [5.41, 5.74) is 2.00. The zero-order valence-corrected chi connectivity index (χ0v) is 10.4. The smallest absolute Gasteiger partial charge is 0.272 e. The summed E-state index contributed by atoms with van der Waals surface area (Å²) in [6.45, 7) is 0. The molecule has 0 saturated carbocycles. The fraction of sp³-hybridized carbons (Fsp3) is 0.0667. The topological polar surface area (TPSA) is 61.1 Å². The van der Waals surface area contributed by atoms with Crippen LogP contribution in [-0.4, -0.2) is 9.38 Å². The van der Waals surface area contributed by atoms with Crippen LogP contribution in [0.1, 0.15) is 16.8 Å². The number of nitriles is 1. The first kappa shape index (κ1) is 12.2. The first-order valence-corrected chi connectivity index (χ1v) is 6.05. The molecular formula is C15H10FN3O. The van der Waals surface area contributed by atoms with E-state index in [4.69, 9.17) is 5.26 Å². The van der Waals surface area contributed by atoms with Crippen molar-refractivity contribution < 1.29 is 4.39 Å². The number of H-pyrrole nitrogens is 1. The Kier molecular flexibility index (Phi) is 2.84. The van der Waals surface area contributed by atoms with E-state index in [0.29, 0.717) is 11.9 Å². The van der Waals surface area contributed by atoms with E-state index in [1.807, 2.05) is 0 Å². The summed E-state index contributed by atoms with van der Waals surface area (Å²) in [6, 6.07) is 9.82. The average Bonchev–Trinajstić information content (AvgIpc) is 2.93. The van der Waals surface area contributed by atoms with E-state index in [1.54, 1.807) is 41.1 Å². The van der Waals surface area contributed by atoms with Crippen LogP contribution in [0.5, 0.6) is 0 Å². The summed E-state index contributed by atoms with van der Waals surface area (Å²) in [5.74, 6) is -0.529. The van der Waals surface area contributed by atoms with Gasteiger partial charge in [0.15, 0.2) is 0 Å². The summed E-state index contributed by atoms with van der Waals surface area (Å²) in [5, 5.41) is 8.71. The molecule has 0 aliphatic carbocycles. The van der Waals surface area contributed by atoms with E-state index < -0.39 is 5.82 Å². The van der Waals surface area contributed by atoms with Crippen LogP contribution in [0.4, 0.5) is 4.39 Å². The normalized spacial score (nSPS) is 10.6. The van der Waals surface area contributed by atoms with E-state index >= 15 is 0 Å². The number of rotatable bonds is 2. The molecule has 4 nitrogen and oxygen atoms in total. The van der Waals surface area contributed by atoms with Crippen molar-refractivity contribution in [3.8, 4) is 6.07 Å². The van der Waals surface area contributed by atoms with Gasteiger partial charge < -0.3 is 9.38 Å². The van der Waals surface area contributed by atoms with E-state index in [2.05, 4.69) is 4.98 Å². The number of halogens is 1. The molecule has 20 heavy (non-hydrogen) atoms. The van der Waals surface area contributed by atoms with Crippen LogP contribution in [0, 0.1) is 17.1 Å². The second-order valence-electron chi connectivity index (χ2n) is 4.48. The summed E-state index contributed by atoms with van der Waals surface area (Å²) in [7, 11) is 0. The second-order valence-corrected chi connectivity index (χ2v) is 4.48. The van der Waals surface area contributed by atoms with Crippen molar-refractivity contribution in [3.63, 3.8) is 0 Å². The van der Waals surface area contributed by atoms with Crippen molar-refractivity contribution in [1.82, 2.24) is 9.38 Å². The number of benzene rings is 1. The fourth-order valence-electron chi connectivity index (χ4n) is 2.21. The molecule has 0 aliphatic heterocycles. The molecule has 3 rings (SSSR count). The van der Waals surface area contributed by atoms with Gasteiger partial charge in [-0.3, -0.25) is 4.79 Å². The lowest BCUT2D eigenvalue weighted by Gasteiger charge is -2.06. The Labute approximate surface area is 113 Å². The first-order chi connectivity index (χ1) is 9.69. The molecule has 0 aliphatic rings. The minimum absolute atomic E-state index is 0.0290. The van der Waals surface area contributed by atoms with Gasteiger partial charge in [-0.2, -0.15) is 5.26 Å². The summed E-state index contributed by atoms with van der Waals surface area (Å²) < 4.78 is 15.4. The van der Waals surface area contributed by atoms with Gasteiger partial charge in [-0.1, -0.05) is 6.07 Å². The predicted molar refractivity (Wildman–Crippen MR) is 71.9 cm³/mol. The summed E-state index contributed by atoms with van der Waals surface area (Å²) in [4.78, 5) is 14.3. The molecule has 0 bridgehead atoms. The number of aromatic amines is 1. The Hall–Kier alpha value is -2.87. The van der Waals surface area contributed by atoms with Crippen LogP contribution >= 0.6 is 0 Å². The number of nitrogens with one attached hydrogen (secondary N) is 1. The van der Waals surface area contributed by atoms with Crippen molar-refractivity contribution in [2.24, 2.45) is 0 Å². The molecule has 0 atom stereocenters. The highest BCUT2D eigenvalue weighted by Gasteiger charge is 2.07. The third kappa shape index (κ3) is 1.97. The minimum Gasteiger partial charge on any atom is -0.326 e. The number of aromatic nitrogens is 2. The van der Waals surface area contributed by atoms with Gasteiger partial charge in [-0.15, -0.1) is 0 Å². The van der Waals surface area contributed by atoms with Crippen molar-refractivity contribution in [2.75, 3.05) is 0 Å². The van der Waals surface area contributed by atoms with E-state index in [-0.39, 0.29) is 11.1 Å². The third-order valence-electron chi connectivity index (χ3n) is 3.20. The molecule has 0 saturated heterocycles. The SMILES string of the molecule is N#Cc1ccc(Cc2c[nH]c(=O)c3cccn23)cc1F. The summed E-state index contributed by atoms with van der Waals surface area (Å²) >= 11 is 0. The molecular weight excluding hydrogens is 257 g/mol. The third-order valence-corrected chi connectivity index (χ3v) is 3.20. The molecule has 3 aromatic rings. The molecule has 0 spiro atoms. The van der Waals surface area contributed by atoms with Crippen LogP contribution in [0.3, 0.4) is 0 Å². The maximum absolute atomic E-state index is 13.6. The Morgan fingerprint density at radius 1 is 1.35 bits per heavy atom. The van der Waals surface area contributed by atoms with Gasteiger partial charge in [-0.05, 0) is 29.8 Å². The average molecular weight is 267 g/mol. The van der Waals surface area contributed by atoms with Crippen LogP contribution < -0.4 is 5.56 Å². The van der Waals surface area contributed by atoms with Gasteiger partial charge in [0.2, 0.25) is 0 Å². The monoisotopic (exact) mass is 267 g/mol. The molecule has 98 valence electrons. The largest absolute Gasteiger partial charge is 0.326 e. The highest BCUT2D eigenvalue weighted by molar-refractivity contribution is 5.46. The standard InChI is InChI=1S/C15H10FN3O/c16-13-7-10(3-4-11(13)8-17)6-12-9-18-15(20)14-2-1-5-19(12)14/h1-5,7,9H,6H2,(H,18,20). The van der Waals surface area contributed by atoms with Crippen molar-refractivity contribution in [3.05, 3.63) is 75.7 Å². The highest BCUT2D eigenvalue weighted by atomic mass is 19.1. The second kappa shape index (κ2) is 4.67. The number of fused-ring (bicyclic) bond motifs is 1. The quantitative estimate of drug-likeness (QED) is 0.774. The lowest BCUT2D eigenvalue weighted by Crippen LogP contribution is -2.11. The van der Waals surface area contributed by atoms with Gasteiger partial charge in [0.05, 0.1) is 5.56 Å². The van der Waals surface area contributed by atoms with Gasteiger partial charge >= 0.3 is 0 Å². The van der Waals surface area contributed by atoms with E-state index in [9.17, 15) is 9.18 Å². The van der Waals surface area contributed by atoms with Gasteiger partial charge in [-0.25, -0.2) is 4.39 Å². The predicted octanol–water partition coefficient (Wildman–Crippen LogP) is 2.23. The molecule has 1 N–H and O–H groups in total. The number of hydrogen-bond acceptors (Lipinski definition) is 2. The Morgan fingerprint density at radius 2 is 2.20 bits per heavy atom. The van der Waals surface area contributed by atoms with E-state index in [0.717, 1.165) is 11.3 Å². The van der Waals surface area contributed by atoms with Crippen LogP contribution in [0.2, 0.25) is 0 Å². The van der Waals surface area contributed by atoms with Crippen LogP contribution in [0.25, 0.3) is 5.52 Å². The lowest BCUT2D eigenvalue weighted by atomic mass is 10.1. The van der Waals surface area contributed by atoms with Crippen molar-refractivity contribution in [2.45, 2.75) is 6.42 Å². The Balaban J connectivity index is 2.04. The zero-order chi connectivity index (χ0) is 14.1. The summed E-state index contributed by atoms with van der Waals surface area (Å²) in [6.07, 6.45) is 3.87. The van der Waals surface area contributed by atoms with Gasteiger partial charge in [0.25, 0.3) is 5.56 Å². The molecule has 0 amide bonds. The molecule has 2 heterocycles. The molecule has 2 aromatic heterocycles.